The molecule has 1 aliphatic heterocycles. The minimum Gasteiger partial charge on any atom is -0.367 e. The minimum absolute atomic E-state index is 0.00516. The average molecular weight is 631 g/mol. The molecule has 0 saturated carbocycles. The van der Waals surface area contributed by atoms with Crippen molar-refractivity contribution in [2.24, 2.45) is 0 Å². The van der Waals surface area contributed by atoms with Crippen LogP contribution in [0.15, 0.2) is 78.9 Å². The number of hydrogen-bond acceptors (Lipinski definition) is 4. The summed E-state index contributed by atoms with van der Waals surface area (Å²) in [5.74, 6) is -10.8. The largest absolute Gasteiger partial charge is 0.367 e. The van der Waals surface area contributed by atoms with Crippen molar-refractivity contribution in [3.8, 4) is 0 Å². The Morgan fingerprint density at radius 1 is 0.721 bits per heavy atom. The molecule has 222 valence electrons. The summed E-state index contributed by atoms with van der Waals surface area (Å²) in [7, 11) is 0. The van der Waals surface area contributed by atoms with Crippen molar-refractivity contribution >= 4 is 51.9 Å². The van der Waals surface area contributed by atoms with E-state index in [9.17, 15) is 26.7 Å². The molecule has 0 atom stereocenters. The van der Waals surface area contributed by atoms with Crippen molar-refractivity contribution in [2.45, 2.75) is 5.92 Å². The van der Waals surface area contributed by atoms with Crippen molar-refractivity contribution in [3.05, 3.63) is 124 Å². The number of hydrogen-bond donors (Lipinski definition) is 2. The summed E-state index contributed by atoms with van der Waals surface area (Å²) in [6.07, 6.45) is 0. The van der Waals surface area contributed by atoms with E-state index in [-0.39, 0.29) is 37.2 Å². The zero-order chi connectivity index (χ0) is 30.7. The van der Waals surface area contributed by atoms with Crippen LogP contribution in [-0.4, -0.2) is 37.2 Å². The number of amides is 1. The molecule has 1 amide bonds. The number of halogens is 6. The van der Waals surface area contributed by atoms with E-state index in [0.29, 0.717) is 16.4 Å². The quantitative estimate of drug-likeness (QED) is 0.104. The highest BCUT2D eigenvalue weighted by Gasteiger charge is 2.31. The Hall–Kier alpha value is -4.22. The SMILES string of the molecule is O=C(NC(=S)Nc1ccc(N2CCN(c3c(F)c(F)c(F)c(F)c3F)CC2)c(Cl)c1)C(c1ccccc1)c1ccccc1. The molecule has 5 nitrogen and oxygen atoms in total. The highest BCUT2D eigenvalue weighted by Crippen LogP contribution is 2.34. The summed E-state index contributed by atoms with van der Waals surface area (Å²) in [5, 5.41) is 6.11. The second kappa shape index (κ2) is 13.0. The number of carbonyl (C=O) groups is 1. The number of nitrogens with zero attached hydrogens (tertiary/aromatic N) is 2. The molecule has 0 spiro atoms. The van der Waals surface area contributed by atoms with Gasteiger partial charge in [0.15, 0.2) is 28.4 Å². The number of piperazine rings is 1. The van der Waals surface area contributed by atoms with Crippen molar-refractivity contribution in [1.29, 1.82) is 0 Å². The first-order valence-corrected chi connectivity index (χ1v) is 14.0. The Morgan fingerprint density at radius 2 is 1.21 bits per heavy atom. The molecule has 5 rings (SSSR count). The van der Waals surface area contributed by atoms with E-state index in [1.165, 1.54) is 0 Å². The van der Waals surface area contributed by atoms with Crippen LogP contribution in [-0.2, 0) is 4.79 Å². The van der Waals surface area contributed by atoms with Gasteiger partial charge in [-0.05, 0) is 41.5 Å². The highest BCUT2D eigenvalue weighted by atomic mass is 35.5. The number of thiocarbonyl (C=S) groups is 1. The third-order valence-corrected chi connectivity index (χ3v) is 7.60. The van der Waals surface area contributed by atoms with Crippen LogP contribution in [0.3, 0.4) is 0 Å². The van der Waals surface area contributed by atoms with Crippen LogP contribution < -0.4 is 20.4 Å². The Kier molecular flexibility index (Phi) is 9.12. The molecule has 12 heteroatoms. The van der Waals surface area contributed by atoms with Crippen LogP contribution >= 0.6 is 23.8 Å². The fourth-order valence-corrected chi connectivity index (χ4v) is 5.53. The van der Waals surface area contributed by atoms with Gasteiger partial charge in [0.1, 0.15) is 5.69 Å². The van der Waals surface area contributed by atoms with Gasteiger partial charge in [0.2, 0.25) is 11.7 Å². The topological polar surface area (TPSA) is 47.6 Å². The van der Waals surface area contributed by atoms with Crippen molar-refractivity contribution in [2.75, 3.05) is 41.3 Å². The van der Waals surface area contributed by atoms with Gasteiger partial charge in [-0.3, -0.25) is 4.79 Å². The van der Waals surface area contributed by atoms with Gasteiger partial charge in [0, 0.05) is 31.9 Å². The molecule has 1 aliphatic rings. The lowest BCUT2D eigenvalue weighted by Gasteiger charge is -2.38. The van der Waals surface area contributed by atoms with Crippen LogP contribution in [0.5, 0.6) is 0 Å². The first kappa shape index (κ1) is 30.2. The lowest BCUT2D eigenvalue weighted by molar-refractivity contribution is -0.120. The average Bonchev–Trinajstić information content (AvgIpc) is 3.01. The summed E-state index contributed by atoms with van der Waals surface area (Å²) >= 11 is 11.9. The van der Waals surface area contributed by atoms with E-state index >= 15 is 0 Å². The fraction of sp³-hybridized carbons (Fsp3) is 0.161. The maximum atomic E-state index is 14.3. The van der Waals surface area contributed by atoms with Gasteiger partial charge in [-0.25, -0.2) is 22.0 Å². The lowest BCUT2D eigenvalue weighted by atomic mass is 9.90. The molecular formula is C31H24ClF5N4OS. The zero-order valence-electron chi connectivity index (χ0n) is 22.4. The predicted molar refractivity (Wildman–Crippen MR) is 161 cm³/mol. The molecule has 4 aromatic carbocycles. The van der Waals surface area contributed by atoms with E-state index in [0.717, 1.165) is 16.0 Å². The smallest absolute Gasteiger partial charge is 0.238 e. The van der Waals surface area contributed by atoms with Gasteiger partial charge in [0.05, 0.1) is 16.6 Å². The first-order chi connectivity index (χ1) is 20.7. The van der Waals surface area contributed by atoms with Crippen molar-refractivity contribution in [3.63, 3.8) is 0 Å². The normalized spacial score (nSPS) is 13.3. The van der Waals surface area contributed by atoms with Crippen LogP contribution in [0, 0.1) is 29.1 Å². The maximum Gasteiger partial charge on any atom is 0.238 e. The molecule has 2 N–H and O–H groups in total. The molecule has 1 fully saturated rings. The summed E-state index contributed by atoms with van der Waals surface area (Å²) in [6, 6.07) is 23.7. The third kappa shape index (κ3) is 6.42. The Balaban J connectivity index is 1.23. The second-order valence-corrected chi connectivity index (χ2v) is 10.6. The van der Waals surface area contributed by atoms with E-state index in [4.69, 9.17) is 23.8 Å². The third-order valence-electron chi connectivity index (χ3n) is 7.09. The second-order valence-electron chi connectivity index (χ2n) is 9.76. The molecule has 1 heterocycles. The van der Waals surface area contributed by atoms with Gasteiger partial charge in [-0.1, -0.05) is 72.3 Å². The van der Waals surface area contributed by atoms with Gasteiger partial charge >= 0.3 is 0 Å². The Bertz CT molecular complexity index is 1590. The Morgan fingerprint density at radius 3 is 1.72 bits per heavy atom. The Labute approximate surface area is 254 Å². The molecule has 0 aliphatic carbocycles. The summed E-state index contributed by atoms with van der Waals surface area (Å²) in [4.78, 5) is 16.3. The number of rotatable bonds is 6. The molecule has 0 bridgehead atoms. The van der Waals surface area contributed by atoms with E-state index in [1.807, 2.05) is 65.6 Å². The standard InChI is InChI=1S/C31H24ClF5N4OS/c32-21-17-20(38-31(43)39-30(42)23(18-7-3-1-4-8-18)19-9-5-2-6-10-19)11-12-22(21)40-13-15-41(16-14-40)29-27(36)25(34)24(33)26(35)28(29)37/h1-12,17,23H,13-16H2,(H2,38,39,42,43). The van der Waals surface area contributed by atoms with Crippen LogP contribution in [0.4, 0.5) is 39.0 Å². The number of carbonyl (C=O) groups excluding carboxylic acids is 1. The van der Waals surface area contributed by atoms with Gasteiger partial charge < -0.3 is 20.4 Å². The lowest BCUT2D eigenvalue weighted by Crippen LogP contribution is -2.47. The molecule has 0 aromatic heterocycles. The summed E-state index contributed by atoms with van der Waals surface area (Å²) in [6.45, 7) is 0.408. The molecule has 0 radical (unpaired) electrons. The van der Waals surface area contributed by atoms with E-state index in [1.54, 1.807) is 18.2 Å². The minimum atomic E-state index is -2.19. The number of anilines is 3. The highest BCUT2D eigenvalue weighted by molar-refractivity contribution is 7.80. The number of nitrogens with one attached hydrogen (secondary N) is 2. The zero-order valence-corrected chi connectivity index (χ0v) is 24.0. The number of benzene rings is 4. The van der Waals surface area contributed by atoms with Crippen LogP contribution in [0.25, 0.3) is 0 Å². The van der Waals surface area contributed by atoms with E-state index < -0.39 is 40.7 Å². The summed E-state index contributed by atoms with van der Waals surface area (Å²) in [5.41, 5.74) is 1.78. The molecule has 1 saturated heterocycles. The monoisotopic (exact) mass is 630 g/mol. The van der Waals surface area contributed by atoms with Crippen LogP contribution in [0.1, 0.15) is 17.0 Å². The molecule has 43 heavy (non-hydrogen) atoms. The fourth-order valence-electron chi connectivity index (χ4n) is 5.02. The van der Waals surface area contributed by atoms with Gasteiger partial charge in [-0.2, -0.15) is 0 Å². The maximum absolute atomic E-state index is 14.3. The van der Waals surface area contributed by atoms with Gasteiger partial charge in [-0.15, -0.1) is 0 Å². The van der Waals surface area contributed by atoms with E-state index in [2.05, 4.69) is 10.6 Å². The first-order valence-electron chi connectivity index (χ1n) is 13.2. The summed E-state index contributed by atoms with van der Waals surface area (Å²) < 4.78 is 69.4. The molecular weight excluding hydrogens is 607 g/mol. The molecule has 0 unspecified atom stereocenters. The van der Waals surface area contributed by atoms with Crippen molar-refractivity contribution < 1.29 is 26.7 Å². The predicted octanol–water partition coefficient (Wildman–Crippen LogP) is 7.01. The van der Waals surface area contributed by atoms with Gasteiger partial charge in [0.25, 0.3) is 0 Å². The van der Waals surface area contributed by atoms with Crippen LogP contribution in [0.2, 0.25) is 5.02 Å². The van der Waals surface area contributed by atoms with Crippen molar-refractivity contribution in [1.82, 2.24) is 5.32 Å². The molecule has 4 aromatic rings.